The second-order valence-electron chi connectivity index (χ2n) is 10.1. The highest BCUT2D eigenvalue weighted by Gasteiger charge is 2.30. The van der Waals surface area contributed by atoms with Gasteiger partial charge in [-0.2, -0.15) is 0 Å². The van der Waals surface area contributed by atoms with E-state index in [1.807, 2.05) is 41.5 Å². The fraction of sp³-hybridized carbons (Fsp3) is 0.520. The molecule has 3 heterocycles. The molecule has 0 radical (unpaired) electrons. The maximum absolute atomic E-state index is 13.0. The number of nitrogens with zero attached hydrogens (tertiary/aromatic N) is 3. The van der Waals surface area contributed by atoms with E-state index in [0.717, 1.165) is 0 Å². The first-order valence-corrected chi connectivity index (χ1v) is 12.3. The molecule has 5 N–H and O–H groups in total. The van der Waals surface area contributed by atoms with Gasteiger partial charge in [-0.3, -0.25) is 9.59 Å². The van der Waals surface area contributed by atoms with Crippen molar-refractivity contribution < 1.29 is 32.7 Å². The molecule has 0 spiro atoms. The Labute approximate surface area is 219 Å². The van der Waals surface area contributed by atoms with Crippen LogP contribution in [-0.2, 0) is 0 Å². The molecular formula is C25H34N6O7. The van der Waals surface area contributed by atoms with Crippen molar-refractivity contribution in [1.29, 1.82) is 0 Å². The Hall–Kier alpha value is -4.00. The normalized spacial score (nSPS) is 14.1. The van der Waals surface area contributed by atoms with Gasteiger partial charge in [0.2, 0.25) is 17.7 Å². The summed E-state index contributed by atoms with van der Waals surface area (Å²) in [7, 11) is 0. The molecule has 3 aromatic rings. The van der Waals surface area contributed by atoms with Crippen LogP contribution in [0.2, 0.25) is 0 Å². The van der Waals surface area contributed by atoms with Crippen molar-refractivity contribution >= 4 is 17.8 Å². The third kappa shape index (κ3) is 6.28. The minimum atomic E-state index is -1.22. The molecule has 3 rings (SSSR count). The molecule has 0 saturated heterocycles. The summed E-state index contributed by atoms with van der Waals surface area (Å²) in [4.78, 5) is 49.7. The number of aromatic carboxylic acids is 1. The van der Waals surface area contributed by atoms with Gasteiger partial charge in [-0.25, -0.2) is 19.7 Å². The van der Waals surface area contributed by atoms with Crippen molar-refractivity contribution in [2.75, 3.05) is 0 Å². The van der Waals surface area contributed by atoms with Gasteiger partial charge in [0.1, 0.15) is 30.4 Å². The molecule has 0 fully saturated rings. The SMILES string of the molecule is Cc1oc([C@@H](NC(=O)c2coc([C@@H](NC(=O)c3coc([C@@H](N)C(C)C)n3)C(C)C)n2)C(C)C)nc1C(=O)O. The number of carbonyl (C=O) groups is 3. The van der Waals surface area contributed by atoms with Crippen molar-refractivity contribution in [2.45, 2.75) is 66.6 Å². The molecule has 3 atom stereocenters. The van der Waals surface area contributed by atoms with Crippen molar-refractivity contribution in [3.8, 4) is 0 Å². The van der Waals surface area contributed by atoms with Crippen LogP contribution in [-0.4, -0.2) is 37.8 Å². The van der Waals surface area contributed by atoms with Crippen LogP contribution >= 0.6 is 0 Å². The summed E-state index contributed by atoms with van der Waals surface area (Å²) < 4.78 is 16.4. The zero-order valence-corrected chi connectivity index (χ0v) is 22.4. The summed E-state index contributed by atoms with van der Waals surface area (Å²) in [5, 5.41) is 14.8. The van der Waals surface area contributed by atoms with E-state index in [9.17, 15) is 19.5 Å². The number of amides is 2. The number of rotatable bonds is 11. The third-order valence-corrected chi connectivity index (χ3v) is 5.97. The van der Waals surface area contributed by atoms with Crippen molar-refractivity contribution in [1.82, 2.24) is 25.6 Å². The van der Waals surface area contributed by atoms with Gasteiger partial charge < -0.3 is 34.7 Å². The standard InChI is InChI=1S/C25H34N6O7/c1-10(2)16(26)22-27-14(8-36-22)20(32)29-17(11(3)4)23-28-15(9-37-23)21(33)30-18(12(5)6)24-31-19(25(34)35)13(7)38-24/h8-12,16-18H,26H2,1-7H3,(H,29,32)(H,30,33)(H,34,35)/t16-,17-,18-/m0/s1. The molecule has 0 aliphatic heterocycles. The van der Waals surface area contributed by atoms with Gasteiger partial charge in [0.25, 0.3) is 11.8 Å². The zero-order chi connectivity index (χ0) is 28.3. The maximum Gasteiger partial charge on any atom is 0.358 e. The fourth-order valence-corrected chi connectivity index (χ4v) is 3.57. The molecule has 0 bridgehead atoms. The summed E-state index contributed by atoms with van der Waals surface area (Å²) in [5.74, 6) is -1.96. The minimum absolute atomic E-state index is 0.0288. The Morgan fingerprint density at radius 2 is 1.26 bits per heavy atom. The summed E-state index contributed by atoms with van der Waals surface area (Å²) in [6, 6.07) is -1.83. The summed E-state index contributed by atoms with van der Waals surface area (Å²) >= 11 is 0. The topological polar surface area (TPSA) is 200 Å². The van der Waals surface area contributed by atoms with E-state index >= 15 is 0 Å². The average Bonchev–Trinajstić information content (AvgIpc) is 3.59. The van der Waals surface area contributed by atoms with E-state index in [0.29, 0.717) is 0 Å². The lowest BCUT2D eigenvalue weighted by molar-refractivity contribution is 0.0688. The molecule has 0 aromatic carbocycles. The highest BCUT2D eigenvalue weighted by Crippen LogP contribution is 2.26. The van der Waals surface area contributed by atoms with Gasteiger partial charge in [-0.05, 0) is 24.7 Å². The Morgan fingerprint density at radius 1 is 0.789 bits per heavy atom. The van der Waals surface area contributed by atoms with Gasteiger partial charge in [-0.15, -0.1) is 0 Å². The molecule has 0 aliphatic rings. The van der Waals surface area contributed by atoms with Gasteiger partial charge in [0, 0.05) is 0 Å². The van der Waals surface area contributed by atoms with Crippen LogP contribution in [0.3, 0.4) is 0 Å². The van der Waals surface area contributed by atoms with E-state index < -0.39 is 35.9 Å². The van der Waals surface area contributed by atoms with Crippen LogP contribution in [0.5, 0.6) is 0 Å². The first kappa shape index (κ1) is 28.6. The lowest BCUT2D eigenvalue weighted by Crippen LogP contribution is -2.33. The number of aromatic nitrogens is 3. The molecule has 13 heteroatoms. The molecule has 206 valence electrons. The monoisotopic (exact) mass is 530 g/mol. The largest absolute Gasteiger partial charge is 0.476 e. The molecule has 0 unspecified atom stereocenters. The highest BCUT2D eigenvalue weighted by molar-refractivity contribution is 5.93. The minimum Gasteiger partial charge on any atom is -0.476 e. The Balaban J connectivity index is 1.75. The number of hydrogen-bond donors (Lipinski definition) is 4. The van der Waals surface area contributed by atoms with Gasteiger partial charge >= 0.3 is 5.97 Å². The van der Waals surface area contributed by atoms with Crippen molar-refractivity contribution in [3.05, 3.63) is 53.0 Å². The highest BCUT2D eigenvalue weighted by atomic mass is 16.4. The van der Waals surface area contributed by atoms with E-state index in [1.54, 1.807) is 0 Å². The molecule has 2 amide bonds. The molecular weight excluding hydrogens is 496 g/mol. The summed E-state index contributed by atoms with van der Waals surface area (Å²) in [5.41, 5.74) is 5.86. The second-order valence-corrected chi connectivity index (χ2v) is 10.1. The Morgan fingerprint density at radius 3 is 1.71 bits per heavy atom. The maximum atomic E-state index is 13.0. The number of carboxylic acid groups (broad SMARTS) is 1. The quantitative estimate of drug-likeness (QED) is 0.282. The van der Waals surface area contributed by atoms with E-state index in [-0.39, 0.29) is 58.3 Å². The van der Waals surface area contributed by atoms with Crippen LogP contribution < -0.4 is 16.4 Å². The van der Waals surface area contributed by atoms with Crippen molar-refractivity contribution in [3.63, 3.8) is 0 Å². The number of nitrogens with one attached hydrogen (secondary N) is 2. The third-order valence-electron chi connectivity index (χ3n) is 5.97. The molecule has 38 heavy (non-hydrogen) atoms. The number of aryl methyl sites for hydroxylation is 1. The lowest BCUT2D eigenvalue weighted by Gasteiger charge is -2.19. The molecule has 3 aromatic heterocycles. The Bertz CT molecular complexity index is 1290. The number of oxazole rings is 3. The predicted octanol–water partition coefficient (Wildman–Crippen LogP) is 3.57. The first-order valence-electron chi connectivity index (χ1n) is 12.3. The van der Waals surface area contributed by atoms with Crippen LogP contribution in [0.1, 0.15) is 115 Å². The fourth-order valence-electron chi connectivity index (χ4n) is 3.57. The number of carbonyl (C=O) groups excluding carboxylic acids is 2. The van der Waals surface area contributed by atoms with Gasteiger partial charge in [0.05, 0.1) is 6.04 Å². The molecule has 0 saturated carbocycles. The summed E-state index contributed by atoms with van der Waals surface area (Å²) in [6.45, 7) is 12.7. The average molecular weight is 531 g/mol. The van der Waals surface area contributed by atoms with Crippen molar-refractivity contribution in [2.24, 2.45) is 23.5 Å². The van der Waals surface area contributed by atoms with E-state index in [1.165, 1.54) is 19.5 Å². The van der Waals surface area contributed by atoms with E-state index in [4.69, 9.17) is 19.0 Å². The van der Waals surface area contributed by atoms with E-state index in [2.05, 4.69) is 25.6 Å². The second kappa shape index (κ2) is 11.6. The van der Waals surface area contributed by atoms with Crippen LogP contribution in [0.25, 0.3) is 0 Å². The number of hydrogen-bond acceptors (Lipinski definition) is 10. The number of carboxylic acids is 1. The zero-order valence-electron chi connectivity index (χ0n) is 22.4. The van der Waals surface area contributed by atoms with Crippen LogP contribution in [0.4, 0.5) is 0 Å². The Kier molecular flexibility index (Phi) is 8.71. The first-order chi connectivity index (χ1) is 17.8. The molecule has 13 nitrogen and oxygen atoms in total. The number of nitrogens with two attached hydrogens (primary N) is 1. The van der Waals surface area contributed by atoms with Gasteiger partial charge in [0.15, 0.2) is 17.1 Å². The predicted molar refractivity (Wildman–Crippen MR) is 133 cm³/mol. The lowest BCUT2D eigenvalue weighted by atomic mass is 10.0. The van der Waals surface area contributed by atoms with Crippen LogP contribution in [0, 0.1) is 24.7 Å². The smallest absolute Gasteiger partial charge is 0.358 e. The van der Waals surface area contributed by atoms with Crippen LogP contribution in [0.15, 0.2) is 25.8 Å². The molecule has 0 aliphatic carbocycles. The summed E-state index contributed by atoms with van der Waals surface area (Å²) in [6.07, 6.45) is 2.42. The van der Waals surface area contributed by atoms with Gasteiger partial charge in [-0.1, -0.05) is 41.5 Å².